The molecular formula is C23H39N3O4. The van der Waals surface area contributed by atoms with Crippen LogP contribution in [0.25, 0.3) is 0 Å². The molecule has 0 fully saturated rings. The second kappa shape index (κ2) is 13.3. The summed E-state index contributed by atoms with van der Waals surface area (Å²) in [6.07, 6.45) is 13.4. The van der Waals surface area contributed by atoms with Crippen molar-refractivity contribution in [2.75, 3.05) is 27.2 Å². The van der Waals surface area contributed by atoms with Crippen molar-refractivity contribution in [2.45, 2.75) is 71.1 Å². The van der Waals surface area contributed by atoms with Crippen molar-refractivity contribution in [3.8, 4) is 0 Å². The zero-order valence-corrected chi connectivity index (χ0v) is 19.4. The molecule has 0 amide bonds. The molecule has 3 atom stereocenters. The van der Waals surface area contributed by atoms with Crippen LogP contribution >= 0.6 is 0 Å². The molecule has 170 valence electrons. The molecular weight excluding hydrogens is 382 g/mol. The van der Waals surface area contributed by atoms with E-state index in [1.165, 1.54) is 0 Å². The van der Waals surface area contributed by atoms with E-state index >= 15 is 0 Å². The van der Waals surface area contributed by atoms with Gasteiger partial charge in [0, 0.05) is 18.1 Å². The predicted molar refractivity (Wildman–Crippen MR) is 121 cm³/mol. The first kappa shape index (κ1) is 26.0. The first-order valence-electron chi connectivity index (χ1n) is 10.8. The van der Waals surface area contributed by atoms with Gasteiger partial charge in [0.15, 0.2) is 0 Å². The van der Waals surface area contributed by atoms with Crippen molar-refractivity contribution >= 4 is 6.16 Å². The molecule has 3 unspecified atom stereocenters. The summed E-state index contributed by atoms with van der Waals surface area (Å²) in [5.41, 5.74) is 0.523. The topological polar surface area (TPSA) is 80.2 Å². The van der Waals surface area contributed by atoms with Crippen molar-refractivity contribution in [1.82, 2.24) is 10.2 Å². The van der Waals surface area contributed by atoms with E-state index in [9.17, 15) is 9.70 Å². The minimum atomic E-state index is -0.618. The Morgan fingerprint density at radius 3 is 2.77 bits per heavy atom. The average Bonchev–Trinajstić information content (AvgIpc) is 3.07. The Bertz CT molecular complexity index is 630. The second-order valence-corrected chi connectivity index (χ2v) is 8.53. The zero-order valence-electron chi connectivity index (χ0n) is 19.4. The predicted octanol–water partition coefficient (Wildman–Crippen LogP) is 4.80. The normalized spacial score (nSPS) is 22.8. The zero-order chi connectivity index (χ0) is 22.6. The summed E-state index contributed by atoms with van der Waals surface area (Å²) < 4.78 is 10.2. The van der Waals surface area contributed by atoms with Crippen LogP contribution in [-0.4, -0.2) is 56.0 Å². The third-order valence-corrected chi connectivity index (χ3v) is 5.47. The summed E-state index contributed by atoms with van der Waals surface area (Å²) in [6.45, 7) is 8.45. The van der Waals surface area contributed by atoms with Crippen molar-refractivity contribution in [1.29, 1.82) is 0 Å². The second-order valence-electron chi connectivity index (χ2n) is 8.53. The van der Waals surface area contributed by atoms with Crippen LogP contribution in [-0.2, 0) is 9.47 Å². The maximum absolute atomic E-state index is 11.6. The van der Waals surface area contributed by atoms with E-state index in [0.29, 0.717) is 30.8 Å². The SMILES string of the molecule is CNC1(C)C=CC(CC(CC/C=C\C=C(/C)N=O)N(C)CCOC(=O)OC(C)C)C1. The molecule has 30 heavy (non-hydrogen) atoms. The van der Waals surface area contributed by atoms with Gasteiger partial charge in [-0.05, 0) is 84.6 Å². The number of likely N-dealkylation sites (N-methyl/N-ethyl adjacent to an activating group) is 2. The number of rotatable bonds is 13. The summed E-state index contributed by atoms with van der Waals surface area (Å²) in [7, 11) is 4.07. The number of hydrogen-bond acceptors (Lipinski definition) is 7. The lowest BCUT2D eigenvalue weighted by Gasteiger charge is -2.31. The highest BCUT2D eigenvalue weighted by molar-refractivity contribution is 5.59. The van der Waals surface area contributed by atoms with Crippen LogP contribution < -0.4 is 5.32 Å². The molecule has 1 N–H and O–H groups in total. The summed E-state index contributed by atoms with van der Waals surface area (Å²) in [5.74, 6) is 0.507. The van der Waals surface area contributed by atoms with Crippen LogP contribution in [0.2, 0.25) is 0 Å². The van der Waals surface area contributed by atoms with E-state index in [1.807, 2.05) is 13.1 Å². The number of nitroso groups, excluding NO2 is 1. The molecule has 1 aliphatic rings. The molecule has 0 aromatic carbocycles. The number of ether oxygens (including phenoxy) is 2. The summed E-state index contributed by atoms with van der Waals surface area (Å²) in [6, 6.07) is 0.350. The molecule has 0 radical (unpaired) electrons. The highest BCUT2D eigenvalue weighted by Crippen LogP contribution is 2.31. The van der Waals surface area contributed by atoms with Gasteiger partial charge in [0.25, 0.3) is 0 Å². The van der Waals surface area contributed by atoms with Crippen LogP contribution in [0.4, 0.5) is 4.79 Å². The van der Waals surface area contributed by atoms with Crippen LogP contribution in [0.3, 0.4) is 0 Å². The molecule has 0 spiro atoms. The highest BCUT2D eigenvalue weighted by atomic mass is 16.7. The number of nitrogens with one attached hydrogen (secondary N) is 1. The van der Waals surface area contributed by atoms with E-state index in [1.54, 1.807) is 26.8 Å². The number of hydrogen-bond donors (Lipinski definition) is 1. The fourth-order valence-electron chi connectivity index (χ4n) is 3.55. The molecule has 0 aromatic heterocycles. The Morgan fingerprint density at radius 1 is 1.43 bits per heavy atom. The van der Waals surface area contributed by atoms with Gasteiger partial charge in [-0.3, -0.25) is 0 Å². The molecule has 0 bridgehead atoms. The highest BCUT2D eigenvalue weighted by Gasteiger charge is 2.30. The van der Waals surface area contributed by atoms with Gasteiger partial charge in [-0.2, -0.15) is 0 Å². The number of nitrogens with zero attached hydrogens (tertiary/aromatic N) is 2. The van der Waals surface area contributed by atoms with Gasteiger partial charge >= 0.3 is 6.16 Å². The van der Waals surface area contributed by atoms with Gasteiger partial charge in [-0.1, -0.05) is 24.3 Å². The first-order valence-corrected chi connectivity index (χ1v) is 10.8. The molecule has 0 heterocycles. The van der Waals surface area contributed by atoms with E-state index in [-0.39, 0.29) is 11.6 Å². The fraction of sp³-hybridized carbons (Fsp3) is 0.696. The van der Waals surface area contributed by atoms with Gasteiger partial charge in [-0.25, -0.2) is 4.79 Å². The maximum Gasteiger partial charge on any atom is 0.508 e. The minimum absolute atomic E-state index is 0.0571. The quantitative estimate of drug-likeness (QED) is 0.199. The fourth-order valence-corrected chi connectivity index (χ4v) is 3.55. The number of allylic oxidation sites excluding steroid dienone is 5. The smallest absolute Gasteiger partial charge is 0.433 e. The van der Waals surface area contributed by atoms with E-state index in [4.69, 9.17) is 9.47 Å². The van der Waals surface area contributed by atoms with Crippen molar-refractivity contribution in [3.63, 3.8) is 0 Å². The lowest BCUT2D eigenvalue weighted by Crippen LogP contribution is -2.38. The monoisotopic (exact) mass is 421 g/mol. The van der Waals surface area contributed by atoms with Crippen LogP contribution in [0, 0.1) is 10.8 Å². The molecule has 0 saturated carbocycles. The maximum atomic E-state index is 11.6. The number of carbonyl (C=O) groups excluding carboxylic acids is 1. The van der Waals surface area contributed by atoms with E-state index < -0.39 is 6.16 Å². The molecule has 7 nitrogen and oxygen atoms in total. The summed E-state index contributed by atoms with van der Waals surface area (Å²) in [4.78, 5) is 24.3. The Morgan fingerprint density at radius 2 is 2.17 bits per heavy atom. The van der Waals surface area contributed by atoms with E-state index in [0.717, 1.165) is 25.7 Å². The van der Waals surface area contributed by atoms with Crippen molar-refractivity contribution in [2.24, 2.45) is 11.1 Å². The lowest BCUT2D eigenvalue weighted by atomic mass is 9.91. The Balaban J connectivity index is 2.61. The minimum Gasteiger partial charge on any atom is -0.433 e. The average molecular weight is 422 g/mol. The van der Waals surface area contributed by atoms with Gasteiger partial charge in [0.2, 0.25) is 0 Å². The molecule has 1 rings (SSSR count). The lowest BCUT2D eigenvalue weighted by molar-refractivity contribution is 0.0271. The van der Waals surface area contributed by atoms with Crippen molar-refractivity contribution in [3.05, 3.63) is 41.0 Å². The van der Waals surface area contributed by atoms with Crippen molar-refractivity contribution < 1.29 is 14.3 Å². The Labute approximate surface area is 181 Å². The molecule has 7 heteroatoms. The van der Waals surface area contributed by atoms with E-state index in [2.05, 4.69) is 47.6 Å². The Hall–Kier alpha value is -1.99. The van der Waals surface area contributed by atoms with Crippen LogP contribution in [0.15, 0.2) is 41.3 Å². The number of carbonyl (C=O) groups is 1. The van der Waals surface area contributed by atoms with Gasteiger partial charge in [0.1, 0.15) is 6.61 Å². The first-order chi connectivity index (χ1) is 14.2. The standard InChI is InChI=1S/C23H39N3O4/c1-18(2)30-22(27)29-15-14-26(6)21(11-9-7-8-10-19(3)25-28)16-20-12-13-23(4,17-20)24-5/h7-8,10,12-13,18,20-21,24H,9,11,14-17H2,1-6H3/b8-7-,19-10+. The summed E-state index contributed by atoms with van der Waals surface area (Å²) in [5, 5.41) is 6.28. The summed E-state index contributed by atoms with van der Waals surface area (Å²) >= 11 is 0. The third kappa shape index (κ3) is 10.2. The van der Waals surface area contributed by atoms with Crippen LogP contribution in [0.5, 0.6) is 0 Å². The molecule has 0 aromatic rings. The van der Waals surface area contributed by atoms with Crippen LogP contribution in [0.1, 0.15) is 53.4 Å². The molecule has 0 saturated heterocycles. The molecule has 0 aliphatic heterocycles. The van der Waals surface area contributed by atoms with Gasteiger partial charge in [-0.15, -0.1) is 4.91 Å². The third-order valence-electron chi connectivity index (χ3n) is 5.47. The van der Waals surface area contributed by atoms with Gasteiger partial charge in [0.05, 0.1) is 11.8 Å². The largest absolute Gasteiger partial charge is 0.508 e. The Kier molecular flexibility index (Phi) is 11.6. The van der Waals surface area contributed by atoms with Gasteiger partial charge < -0.3 is 19.7 Å². The molecule has 1 aliphatic carbocycles.